The van der Waals surface area contributed by atoms with Crippen LogP contribution in [0.1, 0.15) is 39.4 Å². The average molecular weight is 358 g/mol. The van der Waals surface area contributed by atoms with Crippen LogP contribution in [0, 0.1) is 5.92 Å². The van der Waals surface area contributed by atoms with Crippen LogP contribution in [0.25, 0.3) is 11.5 Å². The molecule has 7 nitrogen and oxygen atoms in total. The molecule has 0 atom stereocenters. The topological polar surface area (TPSA) is 91.5 Å². The first-order valence-corrected chi connectivity index (χ1v) is 9.17. The summed E-state index contributed by atoms with van der Waals surface area (Å²) in [4.78, 5) is 22.3. The highest BCUT2D eigenvalue weighted by atomic mass is 16.4. The lowest BCUT2D eigenvalue weighted by atomic mass is 9.97. The molecule has 0 aromatic carbocycles. The number of carbonyl (C=O) groups is 1. The number of pyridine rings is 1. The Balaban J connectivity index is 1.86. The molecule has 1 fully saturated rings. The minimum Gasteiger partial charge on any atom is -0.481 e. The van der Waals surface area contributed by atoms with E-state index in [0.29, 0.717) is 31.8 Å². The predicted octanol–water partition coefficient (Wildman–Crippen LogP) is 3.42. The van der Waals surface area contributed by atoms with Gasteiger partial charge in [0, 0.05) is 31.7 Å². The van der Waals surface area contributed by atoms with E-state index in [1.807, 2.05) is 13.0 Å². The molecule has 0 bridgehead atoms. The van der Waals surface area contributed by atoms with Gasteiger partial charge in [0.15, 0.2) is 5.82 Å². The van der Waals surface area contributed by atoms with Crippen LogP contribution >= 0.6 is 0 Å². The highest BCUT2D eigenvalue weighted by Crippen LogP contribution is 2.32. The third kappa shape index (κ3) is 3.98. The second kappa shape index (κ2) is 7.76. The first-order chi connectivity index (χ1) is 12.5. The van der Waals surface area contributed by atoms with Gasteiger partial charge in [0.2, 0.25) is 5.89 Å². The molecule has 0 unspecified atom stereocenters. The Morgan fingerprint density at radius 1 is 1.35 bits per heavy atom. The molecule has 0 aliphatic carbocycles. The van der Waals surface area contributed by atoms with Gasteiger partial charge in [0.05, 0.1) is 23.4 Å². The molecule has 0 amide bonds. The molecule has 140 valence electrons. The Bertz CT molecular complexity index is 764. The highest BCUT2D eigenvalue weighted by Gasteiger charge is 2.26. The smallest absolute Gasteiger partial charge is 0.306 e. The maximum Gasteiger partial charge on any atom is 0.306 e. The molecule has 0 spiro atoms. The van der Waals surface area contributed by atoms with Gasteiger partial charge < -0.3 is 19.7 Å². The average Bonchev–Trinajstić information content (AvgIpc) is 3.10. The summed E-state index contributed by atoms with van der Waals surface area (Å²) in [7, 11) is 0. The normalized spacial score (nSPS) is 15.5. The fraction of sp³-hybridized carbons (Fsp3) is 0.526. The summed E-state index contributed by atoms with van der Waals surface area (Å²) < 4.78 is 5.75. The summed E-state index contributed by atoms with van der Waals surface area (Å²) in [6.45, 7) is 7.56. The monoisotopic (exact) mass is 358 g/mol. The SMILES string of the molecule is CCc1cnc(-c2cnc(N3CCC(C(=O)O)CC3)c(NC(C)C)c2)o1. The standard InChI is InChI=1S/C19H26N4O3/c1-4-15-11-21-18(26-15)14-9-16(22-12(2)3)17(20-10-14)23-7-5-13(6-8-23)19(24)25/h9-13,22H,4-8H2,1-3H3,(H,24,25). The Morgan fingerprint density at radius 2 is 2.08 bits per heavy atom. The number of oxazole rings is 1. The maximum absolute atomic E-state index is 11.2. The van der Waals surface area contributed by atoms with Crippen LogP contribution in [0.5, 0.6) is 0 Å². The Morgan fingerprint density at radius 3 is 2.65 bits per heavy atom. The lowest BCUT2D eigenvalue weighted by molar-refractivity contribution is -0.142. The maximum atomic E-state index is 11.2. The first kappa shape index (κ1) is 18.2. The van der Waals surface area contributed by atoms with Crippen molar-refractivity contribution in [1.29, 1.82) is 0 Å². The second-order valence-electron chi connectivity index (χ2n) is 6.98. The van der Waals surface area contributed by atoms with Crippen LogP contribution in [-0.2, 0) is 11.2 Å². The summed E-state index contributed by atoms with van der Waals surface area (Å²) in [6, 6.07) is 2.26. The molecule has 1 saturated heterocycles. The third-order valence-corrected chi connectivity index (χ3v) is 4.60. The molecule has 1 aliphatic heterocycles. The summed E-state index contributed by atoms with van der Waals surface area (Å²) in [5, 5.41) is 12.6. The molecular formula is C19H26N4O3. The van der Waals surface area contributed by atoms with Crippen molar-refractivity contribution < 1.29 is 14.3 Å². The lowest BCUT2D eigenvalue weighted by Crippen LogP contribution is -2.37. The van der Waals surface area contributed by atoms with Gasteiger partial charge in [-0.2, -0.15) is 0 Å². The zero-order valence-electron chi connectivity index (χ0n) is 15.5. The van der Waals surface area contributed by atoms with Crippen LogP contribution in [0.15, 0.2) is 22.9 Å². The van der Waals surface area contributed by atoms with Crippen molar-refractivity contribution in [3.63, 3.8) is 0 Å². The predicted molar refractivity (Wildman–Crippen MR) is 100 cm³/mol. The van der Waals surface area contributed by atoms with Crippen molar-refractivity contribution in [2.24, 2.45) is 5.92 Å². The van der Waals surface area contributed by atoms with Gasteiger partial charge in [0.25, 0.3) is 0 Å². The number of anilines is 2. The van der Waals surface area contributed by atoms with E-state index in [2.05, 4.69) is 34.0 Å². The molecular weight excluding hydrogens is 332 g/mol. The Labute approximate surface area is 153 Å². The van der Waals surface area contributed by atoms with Crippen molar-refractivity contribution >= 4 is 17.5 Å². The molecule has 2 N–H and O–H groups in total. The molecule has 0 radical (unpaired) electrons. The van der Waals surface area contributed by atoms with Crippen LogP contribution in [0.2, 0.25) is 0 Å². The minimum atomic E-state index is -0.705. The number of nitrogens with zero attached hydrogens (tertiary/aromatic N) is 3. The number of hydrogen-bond donors (Lipinski definition) is 2. The molecule has 3 rings (SSSR count). The fourth-order valence-corrected chi connectivity index (χ4v) is 3.19. The van der Waals surface area contributed by atoms with E-state index in [-0.39, 0.29) is 12.0 Å². The number of aromatic nitrogens is 2. The van der Waals surface area contributed by atoms with Gasteiger partial charge in [0.1, 0.15) is 5.76 Å². The molecule has 2 aromatic rings. The van der Waals surface area contributed by atoms with Gasteiger partial charge in [-0.3, -0.25) is 4.79 Å². The van der Waals surface area contributed by atoms with Gasteiger partial charge >= 0.3 is 5.97 Å². The van der Waals surface area contributed by atoms with Crippen LogP contribution in [-0.4, -0.2) is 40.2 Å². The number of piperidine rings is 1. The van der Waals surface area contributed by atoms with Crippen molar-refractivity contribution in [1.82, 2.24) is 9.97 Å². The van der Waals surface area contributed by atoms with E-state index in [0.717, 1.165) is 29.2 Å². The van der Waals surface area contributed by atoms with Crippen molar-refractivity contribution in [2.45, 2.75) is 46.1 Å². The number of hydrogen-bond acceptors (Lipinski definition) is 6. The fourth-order valence-electron chi connectivity index (χ4n) is 3.19. The van der Waals surface area contributed by atoms with E-state index in [1.54, 1.807) is 12.4 Å². The number of carboxylic acids is 1. The molecule has 0 saturated carbocycles. The quantitative estimate of drug-likeness (QED) is 0.817. The minimum absolute atomic E-state index is 0.248. The summed E-state index contributed by atoms with van der Waals surface area (Å²) in [5.41, 5.74) is 1.75. The van der Waals surface area contributed by atoms with Crippen LogP contribution < -0.4 is 10.2 Å². The Kier molecular flexibility index (Phi) is 5.44. The van der Waals surface area contributed by atoms with E-state index < -0.39 is 5.97 Å². The van der Waals surface area contributed by atoms with Crippen molar-refractivity contribution in [3.05, 3.63) is 24.2 Å². The third-order valence-electron chi connectivity index (χ3n) is 4.60. The molecule has 3 heterocycles. The van der Waals surface area contributed by atoms with Crippen LogP contribution in [0.3, 0.4) is 0 Å². The van der Waals surface area contributed by atoms with Crippen molar-refractivity contribution in [3.8, 4) is 11.5 Å². The van der Waals surface area contributed by atoms with Gasteiger partial charge in [-0.25, -0.2) is 9.97 Å². The summed E-state index contributed by atoms with van der Waals surface area (Å²) in [5.74, 6) is 1.31. The van der Waals surface area contributed by atoms with Crippen molar-refractivity contribution in [2.75, 3.05) is 23.3 Å². The molecule has 7 heteroatoms. The van der Waals surface area contributed by atoms with E-state index in [1.165, 1.54) is 0 Å². The molecule has 1 aliphatic rings. The van der Waals surface area contributed by atoms with E-state index in [9.17, 15) is 9.90 Å². The number of rotatable bonds is 6. The first-order valence-electron chi connectivity index (χ1n) is 9.17. The number of nitrogens with one attached hydrogen (secondary N) is 1. The molecule has 26 heavy (non-hydrogen) atoms. The highest BCUT2D eigenvalue weighted by molar-refractivity contribution is 5.73. The van der Waals surface area contributed by atoms with Gasteiger partial charge in [-0.15, -0.1) is 0 Å². The van der Waals surface area contributed by atoms with Gasteiger partial charge in [-0.1, -0.05) is 6.92 Å². The zero-order valence-corrected chi connectivity index (χ0v) is 15.5. The second-order valence-corrected chi connectivity index (χ2v) is 6.98. The Hall–Kier alpha value is -2.57. The van der Waals surface area contributed by atoms with E-state index >= 15 is 0 Å². The van der Waals surface area contributed by atoms with Crippen LogP contribution in [0.4, 0.5) is 11.5 Å². The summed E-state index contributed by atoms with van der Waals surface area (Å²) in [6.07, 6.45) is 5.60. The lowest BCUT2D eigenvalue weighted by Gasteiger charge is -2.32. The number of carboxylic acid groups (broad SMARTS) is 1. The molecule has 2 aromatic heterocycles. The van der Waals surface area contributed by atoms with Gasteiger partial charge in [-0.05, 0) is 32.8 Å². The summed E-state index contributed by atoms with van der Waals surface area (Å²) >= 11 is 0. The number of aliphatic carboxylic acids is 1. The number of aryl methyl sites for hydroxylation is 1. The zero-order chi connectivity index (χ0) is 18.7. The van der Waals surface area contributed by atoms with E-state index in [4.69, 9.17) is 4.42 Å². The largest absolute Gasteiger partial charge is 0.481 e.